The lowest BCUT2D eigenvalue weighted by Gasteiger charge is -2.43. The fraction of sp³-hybridized carbons (Fsp3) is 0.588. The summed E-state index contributed by atoms with van der Waals surface area (Å²) in [6, 6.07) is 2.33. The van der Waals surface area contributed by atoms with Gasteiger partial charge in [0.2, 0.25) is 0 Å². The van der Waals surface area contributed by atoms with Crippen LogP contribution in [-0.4, -0.2) is 0 Å². The lowest BCUT2D eigenvalue weighted by atomic mass is 9.61. The van der Waals surface area contributed by atoms with Gasteiger partial charge in [0.1, 0.15) is 0 Å². The number of hydrogen-bond donors (Lipinski definition) is 0. The molecule has 3 aliphatic carbocycles. The van der Waals surface area contributed by atoms with E-state index >= 15 is 0 Å². The lowest BCUT2D eigenvalue weighted by Crippen LogP contribution is -2.32. The Morgan fingerprint density at radius 1 is 1.33 bits per heavy atom. The summed E-state index contributed by atoms with van der Waals surface area (Å²) in [7, 11) is 0. The Balaban J connectivity index is 1.96. The van der Waals surface area contributed by atoms with E-state index in [2.05, 4.69) is 31.7 Å². The highest BCUT2D eigenvalue weighted by Crippen LogP contribution is 2.56. The van der Waals surface area contributed by atoms with E-state index in [9.17, 15) is 0 Å². The fourth-order valence-electron chi connectivity index (χ4n) is 4.28. The Morgan fingerprint density at radius 2 is 2.17 bits per heavy atom. The van der Waals surface area contributed by atoms with Crippen LogP contribution in [0.2, 0.25) is 0 Å². The van der Waals surface area contributed by atoms with Crippen molar-refractivity contribution >= 4 is 0 Å². The predicted octanol–water partition coefficient (Wildman–Crippen LogP) is 4.54. The van der Waals surface area contributed by atoms with E-state index in [4.69, 9.17) is 5.26 Å². The van der Waals surface area contributed by atoms with Crippen LogP contribution in [0.3, 0.4) is 0 Å². The molecule has 0 aromatic rings. The molecule has 1 saturated carbocycles. The Kier molecular flexibility index (Phi) is 2.70. The van der Waals surface area contributed by atoms with Crippen molar-refractivity contribution in [1.29, 1.82) is 5.26 Å². The molecule has 3 rings (SSSR count). The monoisotopic (exact) mass is 239 g/mol. The Hall–Kier alpha value is -1.29. The van der Waals surface area contributed by atoms with E-state index < -0.39 is 0 Å². The van der Waals surface area contributed by atoms with E-state index in [0.29, 0.717) is 17.3 Å². The maximum Gasteiger partial charge on any atom is 0.0947 e. The normalized spacial score (nSPS) is 39.0. The smallest absolute Gasteiger partial charge is 0.0947 e. The van der Waals surface area contributed by atoms with Crippen molar-refractivity contribution in [3.63, 3.8) is 0 Å². The van der Waals surface area contributed by atoms with Crippen LogP contribution >= 0.6 is 0 Å². The van der Waals surface area contributed by atoms with E-state index in [1.165, 1.54) is 31.3 Å². The van der Waals surface area contributed by atoms with Gasteiger partial charge in [-0.25, -0.2) is 0 Å². The second-order valence-electron chi connectivity index (χ2n) is 6.42. The molecule has 1 fully saturated rings. The molecule has 0 saturated heterocycles. The van der Waals surface area contributed by atoms with Gasteiger partial charge in [-0.15, -0.1) is 0 Å². The largest absolute Gasteiger partial charge is 0.193 e. The Morgan fingerprint density at radius 3 is 2.94 bits per heavy atom. The van der Waals surface area contributed by atoms with Crippen LogP contribution in [0.15, 0.2) is 35.5 Å². The summed E-state index contributed by atoms with van der Waals surface area (Å²) in [5.41, 5.74) is 4.34. The molecule has 3 aliphatic rings. The molecule has 1 nitrogen and oxygen atoms in total. The Bertz CT molecular complexity index is 488. The lowest BCUT2D eigenvalue weighted by molar-refractivity contribution is 0.213. The van der Waals surface area contributed by atoms with Crippen molar-refractivity contribution in [3.8, 4) is 6.07 Å². The minimum absolute atomic E-state index is 0.451. The maximum atomic E-state index is 9.13. The first-order valence-electron chi connectivity index (χ1n) is 7.11. The van der Waals surface area contributed by atoms with Crippen LogP contribution in [0.4, 0.5) is 0 Å². The van der Waals surface area contributed by atoms with Crippen LogP contribution < -0.4 is 0 Å². The zero-order chi connectivity index (χ0) is 12.8. The number of nitrogens with zero attached hydrogens (tertiary/aromatic N) is 1. The van der Waals surface area contributed by atoms with Crippen molar-refractivity contribution in [2.45, 2.75) is 45.4 Å². The fourth-order valence-corrected chi connectivity index (χ4v) is 4.28. The van der Waals surface area contributed by atoms with Gasteiger partial charge in [-0.05, 0) is 49.4 Å². The van der Waals surface area contributed by atoms with Gasteiger partial charge in [-0.3, -0.25) is 0 Å². The molecule has 0 aliphatic heterocycles. The van der Waals surface area contributed by atoms with Gasteiger partial charge < -0.3 is 0 Å². The van der Waals surface area contributed by atoms with Crippen LogP contribution in [0.1, 0.15) is 45.4 Å². The molecule has 1 heteroatoms. The average Bonchev–Trinajstić information content (AvgIpc) is 2.67. The number of hydrogen-bond acceptors (Lipinski definition) is 1. The molecule has 18 heavy (non-hydrogen) atoms. The number of nitriles is 1. The molecule has 0 radical (unpaired) electrons. The topological polar surface area (TPSA) is 23.8 Å². The molecule has 0 N–H and O–H groups in total. The molecule has 0 aromatic carbocycles. The average molecular weight is 239 g/mol. The molecule has 3 atom stereocenters. The SMILES string of the molecule is C=C1CC(C#N)=CCC2C3=CCCC3(C)CCC12. The van der Waals surface area contributed by atoms with Gasteiger partial charge in [0.05, 0.1) is 6.07 Å². The Labute approximate surface area is 110 Å². The second kappa shape index (κ2) is 4.12. The number of fused-ring (bicyclic) bond motifs is 3. The highest BCUT2D eigenvalue weighted by Gasteiger charge is 2.44. The number of rotatable bonds is 0. The summed E-state index contributed by atoms with van der Waals surface area (Å²) in [5, 5.41) is 9.13. The molecule has 0 bridgehead atoms. The molecule has 0 amide bonds. The van der Waals surface area contributed by atoms with Crippen molar-refractivity contribution < 1.29 is 0 Å². The molecular formula is C17H21N. The van der Waals surface area contributed by atoms with Crippen LogP contribution in [-0.2, 0) is 0 Å². The van der Waals surface area contributed by atoms with Crippen molar-refractivity contribution in [2.75, 3.05) is 0 Å². The molecule has 0 aromatic heterocycles. The third kappa shape index (κ3) is 1.67. The quantitative estimate of drug-likeness (QED) is 0.569. The van der Waals surface area contributed by atoms with E-state index in [-0.39, 0.29) is 0 Å². The van der Waals surface area contributed by atoms with Crippen molar-refractivity contribution in [2.24, 2.45) is 17.3 Å². The minimum atomic E-state index is 0.451. The highest BCUT2D eigenvalue weighted by atomic mass is 14.5. The molecule has 3 unspecified atom stereocenters. The number of allylic oxidation sites excluding steroid dienone is 5. The van der Waals surface area contributed by atoms with Gasteiger partial charge in [0.25, 0.3) is 0 Å². The summed E-state index contributed by atoms with van der Waals surface area (Å²) in [6.45, 7) is 6.71. The zero-order valence-electron chi connectivity index (χ0n) is 11.2. The van der Waals surface area contributed by atoms with E-state index in [1.807, 2.05) is 0 Å². The summed E-state index contributed by atoms with van der Waals surface area (Å²) in [5.74, 6) is 1.24. The summed E-state index contributed by atoms with van der Waals surface area (Å²) < 4.78 is 0. The van der Waals surface area contributed by atoms with E-state index in [1.54, 1.807) is 5.57 Å². The first kappa shape index (κ1) is 11.8. The van der Waals surface area contributed by atoms with Gasteiger partial charge in [-0.1, -0.05) is 36.8 Å². The van der Waals surface area contributed by atoms with Gasteiger partial charge in [0, 0.05) is 12.0 Å². The van der Waals surface area contributed by atoms with E-state index in [0.717, 1.165) is 18.4 Å². The molecule has 94 valence electrons. The molecule has 0 heterocycles. The molecule has 0 spiro atoms. The second-order valence-corrected chi connectivity index (χ2v) is 6.42. The van der Waals surface area contributed by atoms with Gasteiger partial charge in [0.15, 0.2) is 0 Å². The van der Waals surface area contributed by atoms with Gasteiger partial charge >= 0.3 is 0 Å². The first-order chi connectivity index (χ1) is 8.64. The third-order valence-corrected chi connectivity index (χ3v) is 5.35. The van der Waals surface area contributed by atoms with Gasteiger partial charge in [-0.2, -0.15) is 5.26 Å². The van der Waals surface area contributed by atoms with Crippen LogP contribution in [0, 0.1) is 28.6 Å². The van der Waals surface area contributed by atoms with Crippen molar-refractivity contribution in [3.05, 3.63) is 35.5 Å². The van der Waals surface area contributed by atoms with Crippen LogP contribution in [0.25, 0.3) is 0 Å². The minimum Gasteiger partial charge on any atom is -0.193 e. The first-order valence-corrected chi connectivity index (χ1v) is 7.11. The van der Waals surface area contributed by atoms with Crippen LogP contribution in [0.5, 0.6) is 0 Å². The zero-order valence-corrected chi connectivity index (χ0v) is 11.2. The standard InChI is InChI=1S/C17H21N/c1-12-10-13(11-18)5-6-15-14(12)7-9-17(2)8-3-4-16(15)17/h4-5,14-15H,1,3,6-10H2,2H3. The van der Waals surface area contributed by atoms with Crippen molar-refractivity contribution in [1.82, 2.24) is 0 Å². The summed E-state index contributed by atoms with van der Waals surface area (Å²) in [6.07, 6.45) is 11.7. The highest BCUT2D eigenvalue weighted by molar-refractivity contribution is 5.36. The molecular weight excluding hydrogens is 218 g/mol. The third-order valence-electron chi connectivity index (χ3n) is 5.35. The summed E-state index contributed by atoms with van der Waals surface area (Å²) >= 11 is 0. The summed E-state index contributed by atoms with van der Waals surface area (Å²) in [4.78, 5) is 0. The predicted molar refractivity (Wildman–Crippen MR) is 73.7 cm³/mol. The maximum absolute atomic E-state index is 9.13.